The number of ether oxygens (including phenoxy) is 1. The zero-order chi connectivity index (χ0) is 11.8. The van der Waals surface area contributed by atoms with Crippen molar-refractivity contribution in [3.8, 4) is 0 Å². The molecule has 1 aromatic rings. The molecule has 1 aliphatic heterocycles. The average Bonchev–Trinajstić information content (AvgIpc) is 2.64. The zero-order valence-corrected chi connectivity index (χ0v) is 8.25. The second-order valence-corrected chi connectivity index (χ2v) is 3.60. The van der Waals surface area contributed by atoms with Crippen molar-refractivity contribution in [2.45, 2.75) is 25.1 Å². The predicted molar refractivity (Wildman–Crippen MR) is 49.5 cm³/mol. The van der Waals surface area contributed by atoms with E-state index in [9.17, 15) is 18.0 Å². The molecule has 5 heteroatoms. The summed E-state index contributed by atoms with van der Waals surface area (Å²) in [6.07, 6.45) is -4.68. The van der Waals surface area contributed by atoms with E-state index in [1.807, 2.05) is 0 Å². The Morgan fingerprint density at radius 2 is 1.94 bits per heavy atom. The second kappa shape index (κ2) is 3.81. The van der Waals surface area contributed by atoms with Crippen LogP contribution in [0.3, 0.4) is 0 Å². The topological polar surface area (TPSA) is 26.3 Å². The maximum absolute atomic E-state index is 12.7. The van der Waals surface area contributed by atoms with E-state index in [0.29, 0.717) is 6.42 Å². The van der Waals surface area contributed by atoms with E-state index < -0.39 is 23.8 Å². The fourth-order valence-electron chi connectivity index (χ4n) is 1.78. The molecule has 1 aromatic carbocycles. The summed E-state index contributed by atoms with van der Waals surface area (Å²) in [5, 5.41) is 0. The van der Waals surface area contributed by atoms with Crippen molar-refractivity contribution in [3.05, 3.63) is 35.4 Å². The third-order valence-corrected chi connectivity index (χ3v) is 2.50. The number of carbonyl (C=O) groups excluding carboxylic acids is 1. The molecule has 0 spiro atoms. The fourth-order valence-corrected chi connectivity index (χ4v) is 1.78. The number of esters is 1. The van der Waals surface area contributed by atoms with Crippen LogP contribution in [0.25, 0.3) is 0 Å². The van der Waals surface area contributed by atoms with Crippen LogP contribution >= 0.6 is 0 Å². The first-order valence-electron chi connectivity index (χ1n) is 4.84. The molecule has 1 fully saturated rings. The van der Waals surface area contributed by atoms with E-state index >= 15 is 0 Å². The van der Waals surface area contributed by atoms with Gasteiger partial charge in [-0.25, -0.2) is 0 Å². The van der Waals surface area contributed by atoms with Crippen LogP contribution in [-0.4, -0.2) is 5.97 Å². The third kappa shape index (κ3) is 2.03. The van der Waals surface area contributed by atoms with Gasteiger partial charge < -0.3 is 4.74 Å². The standard InChI is InChI=1S/C11H9F3O2/c12-11(13,14)8-4-2-1-3-7(8)9-5-6-10(15)16-9/h1-4,9H,5-6H2. The van der Waals surface area contributed by atoms with Gasteiger partial charge in [0.25, 0.3) is 0 Å². The number of hydrogen-bond donors (Lipinski definition) is 0. The summed E-state index contributed by atoms with van der Waals surface area (Å²) >= 11 is 0. The van der Waals surface area contributed by atoms with Crippen LogP contribution in [0, 0.1) is 0 Å². The van der Waals surface area contributed by atoms with Crippen molar-refractivity contribution in [2.75, 3.05) is 0 Å². The van der Waals surface area contributed by atoms with Crippen molar-refractivity contribution in [2.24, 2.45) is 0 Å². The lowest BCUT2D eigenvalue weighted by Gasteiger charge is -2.16. The van der Waals surface area contributed by atoms with Gasteiger partial charge in [0.15, 0.2) is 0 Å². The van der Waals surface area contributed by atoms with Gasteiger partial charge in [0.05, 0.1) is 5.56 Å². The molecule has 1 saturated heterocycles. The van der Waals surface area contributed by atoms with Crippen LogP contribution in [0.4, 0.5) is 13.2 Å². The summed E-state index contributed by atoms with van der Waals surface area (Å²) < 4.78 is 42.8. The number of halogens is 3. The lowest BCUT2D eigenvalue weighted by molar-refractivity contribution is -0.145. The smallest absolute Gasteiger partial charge is 0.416 e. The molecule has 2 nitrogen and oxygen atoms in total. The maximum Gasteiger partial charge on any atom is 0.416 e. The molecule has 1 unspecified atom stereocenters. The van der Waals surface area contributed by atoms with Crippen molar-refractivity contribution >= 4 is 5.97 Å². The summed E-state index contributed by atoms with van der Waals surface area (Å²) in [6.45, 7) is 0. The Morgan fingerprint density at radius 1 is 1.25 bits per heavy atom. The van der Waals surface area contributed by atoms with Gasteiger partial charge in [-0.15, -0.1) is 0 Å². The van der Waals surface area contributed by atoms with Gasteiger partial charge in [-0.1, -0.05) is 18.2 Å². The minimum atomic E-state index is -4.41. The lowest BCUT2D eigenvalue weighted by atomic mass is 10.00. The van der Waals surface area contributed by atoms with Crippen LogP contribution in [0.5, 0.6) is 0 Å². The third-order valence-electron chi connectivity index (χ3n) is 2.50. The molecule has 0 radical (unpaired) electrons. The number of benzene rings is 1. The number of rotatable bonds is 1. The van der Waals surface area contributed by atoms with Crippen LogP contribution in [0.15, 0.2) is 24.3 Å². The van der Waals surface area contributed by atoms with Gasteiger partial charge in [-0.3, -0.25) is 4.79 Å². The quantitative estimate of drug-likeness (QED) is 0.693. The van der Waals surface area contributed by atoms with E-state index in [0.717, 1.165) is 6.07 Å². The minimum Gasteiger partial charge on any atom is -0.457 e. The Balaban J connectivity index is 2.37. The molecule has 86 valence electrons. The van der Waals surface area contributed by atoms with Crippen LogP contribution in [0.2, 0.25) is 0 Å². The lowest BCUT2D eigenvalue weighted by Crippen LogP contribution is -2.11. The molecular formula is C11H9F3O2. The van der Waals surface area contributed by atoms with Crippen molar-refractivity contribution < 1.29 is 22.7 Å². The number of hydrogen-bond acceptors (Lipinski definition) is 2. The molecule has 0 N–H and O–H groups in total. The average molecular weight is 230 g/mol. The van der Waals surface area contributed by atoms with E-state index in [1.165, 1.54) is 18.2 Å². The molecule has 1 aliphatic rings. The van der Waals surface area contributed by atoms with Crippen LogP contribution in [0.1, 0.15) is 30.1 Å². The largest absolute Gasteiger partial charge is 0.457 e. The van der Waals surface area contributed by atoms with Crippen molar-refractivity contribution in [1.29, 1.82) is 0 Å². The van der Waals surface area contributed by atoms with E-state index in [-0.39, 0.29) is 12.0 Å². The predicted octanol–water partition coefficient (Wildman–Crippen LogP) is 3.08. The Hall–Kier alpha value is -1.52. The second-order valence-electron chi connectivity index (χ2n) is 3.60. The molecule has 0 aliphatic carbocycles. The molecule has 1 atom stereocenters. The normalized spacial score (nSPS) is 20.9. The highest BCUT2D eigenvalue weighted by molar-refractivity contribution is 5.71. The summed E-state index contributed by atoms with van der Waals surface area (Å²) in [5.41, 5.74) is -0.685. The Kier molecular flexibility index (Phi) is 2.61. The number of carbonyl (C=O) groups is 1. The monoisotopic (exact) mass is 230 g/mol. The summed E-state index contributed by atoms with van der Waals surface area (Å²) in [4.78, 5) is 10.9. The Bertz CT molecular complexity index is 412. The highest BCUT2D eigenvalue weighted by atomic mass is 19.4. The van der Waals surface area contributed by atoms with Gasteiger partial charge in [-0.2, -0.15) is 13.2 Å². The molecule has 0 saturated carbocycles. The van der Waals surface area contributed by atoms with Crippen molar-refractivity contribution in [3.63, 3.8) is 0 Å². The fraction of sp³-hybridized carbons (Fsp3) is 0.364. The Morgan fingerprint density at radius 3 is 2.50 bits per heavy atom. The molecule has 0 bridgehead atoms. The molecular weight excluding hydrogens is 221 g/mol. The minimum absolute atomic E-state index is 0.0425. The highest BCUT2D eigenvalue weighted by Gasteiger charge is 2.37. The number of alkyl halides is 3. The first kappa shape index (κ1) is 11.0. The van der Waals surface area contributed by atoms with Gasteiger partial charge in [0.1, 0.15) is 6.10 Å². The first-order valence-corrected chi connectivity index (χ1v) is 4.84. The summed E-state index contributed by atoms with van der Waals surface area (Å²) in [6, 6.07) is 5.19. The van der Waals surface area contributed by atoms with E-state index in [2.05, 4.69) is 0 Å². The zero-order valence-electron chi connectivity index (χ0n) is 8.25. The molecule has 1 heterocycles. The highest BCUT2D eigenvalue weighted by Crippen LogP contribution is 2.38. The van der Waals surface area contributed by atoms with Gasteiger partial charge in [0.2, 0.25) is 0 Å². The van der Waals surface area contributed by atoms with Crippen LogP contribution < -0.4 is 0 Å². The van der Waals surface area contributed by atoms with Gasteiger partial charge in [0, 0.05) is 12.0 Å². The van der Waals surface area contributed by atoms with Crippen LogP contribution in [-0.2, 0) is 15.7 Å². The first-order chi connectivity index (χ1) is 7.48. The summed E-state index contributed by atoms with van der Waals surface area (Å²) in [7, 11) is 0. The maximum atomic E-state index is 12.7. The SMILES string of the molecule is O=C1CCC(c2ccccc2C(F)(F)F)O1. The summed E-state index contributed by atoms with van der Waals surface area (Å²) in [5.74, 6) is -0.443. The Labute approximate surface area is 90.0 Å². The van der Waals surface area contributed by atoms with E-state index in [1.54, 1.807) is 0 Å². The molecule has 16 heavy (non-hydrogen) atoms. The molecule has 0 aromatic heterocycles. The van der Waals surface area contributed by atoms with Gasteiger partial charge in [-0.05, 0) is 12.5 Å². The molecule has 2 rings (SSSR count). The number of cyclic esters (lactones) is 1. The molecule has 0 amide bonds. The van der Waals surface area contributed by atoms with Gasteiger partial charge >= 0.3 is 12.1 Å². The van der Waals surface area contributed by atoms with Crippen molar-refractivity contribution in [1.82, 2.24) is 0 Å². The van der Waals surface area contributed by atoms with E-state index in [4.69, 9.17) is 4.74 Å².